The van der Waals surface area contributed by atoms with Crippen LogP contribution in [-0.4, -0.2) is 0 Å². The van der Waals surface area contributed by atoms with Gasteiger partial charge in [0, 0.05) is 47.7 Å². The van der Waals surface area contributed by atoms with E-state index in [2.05, 4.69) is 183 Å². The van der Waals surface area contributed by atoms with Gasteiger partial charge in [0.05, 0.1) is 5.69 Å². The first kappa shape index (κ1) is 29.6. The number of rotatable bonds is 4. The van der Waals surface area contributed by atoms with Gasteiger partial charge in [-0.05, 0) is 111 Å². The molecule has 0 unspecified atom stereocenters. The van der Waals surface area contributed by atoms with E-state index in [0.717, 1.165) is 39.0 Å². The molecule has 0 amide bonds. The molecule has 1 aliphatic carbocycles. The fraction of sp³-hybridized carbons (Fsp3) is 0.0612. The van der Waals surface area contributed by atoms with Gasteiger partial charge in [-0.25, -0.2) is 0 Å². The van der Waals surface area contributed by atoms with E-state index in [1.54, 1.807) is 0 Å². The minimum Gasteiger partial charge on any atom is -0.455 e. The lowest BCUT2D eigenvalue weighted by molar-refractivity contribution is 0.660. The van der Waals surface area contributed by atoms with Gasteiger partial charge in [0.15, 0.2) is 0 Å². The van der Waals surface area contributed by atoms with Gasteiger partial charge in [0.1, 0.15) is 11.2 Å². The molecule has 2 nitrogen and oxygen atoms in total. The molecule has 0 saturated heterocycles. The van der Waals surface area contributed by atoms with Gasteiger partial charge in [-0.15, -0.1) is 11.3 Å². The standard InChI is InChI=1S/C49H33NOS/c1-49(2)40-16-9-8-15-36(40)37-24-21-33(28-41(37)49)30-19-22-35(23-20-30)50(34-13-4-3-5-14-34)42-17-10-18-44-46(42)47-45(52-44)26-25-38-39-27-31-11-6-7-12-32(31)29-43(39)51-48(38)47/h3-29H,1-2H3. The summed E-state index contributed by atoms with van der Waals surface area (Å²) >= 11 is 1.83. The highest BCUT2D eigenvalue weighted by Crippen LogP contribution is 2.51. The molecule has 0 radical (unpaired) electrons. The molecule has 8 aromatic carbocycles. The summed E-state index contributed by atoms with van der Waals surface area (Å²) in [6.07, 6.45) is 0. The van der Waals surface area contributed by atoms with E-state index in [0.29, 0.717) is 0 Å². The lowest BCUT2D eigenvalue weighted by Crippen LogP contribution is -2.14. The van der Waals surface area contributed by atoms with E-state index in [4.69, 9.17) is 4.42 Å². The maximum Gasteiger partial charge on any atom is 0.144 e. The van der Waals surface area contributed by atoms with E-state index < -0.39 is 0 Å². The summed E-state index contributed by atoms with van der Waals surface area (Å²) in [6.45, 7) is 4.69. The second-order valence-corrected chi connectivity index (χ2v) is 15.6. The van der Waals surface area contributed by atoms with Crippen molar-refractivity contribution < 1.29 is 4.42 Å². The van der Waals surface area contributed by atoms with Crippen molar-refractivity contribution in [1.29, 1.82) is 0 Å². The first-order valence-corrected chi connectivity index (χ1v) is 18.7. The number of anilines is 3. The third kappa shape index (κ3) is 4.23. The van der Waals surface area contributed by atoms with Crippen LogP contribution in [-0.2, 0) is 5.41 Å². The van der Waals surface area contributed by atoms with Crippen LogP contribution in [0, 0.1) is 0 Å². The molecule has 0 saturated carbocycles. The number of hydrogen-bond acceptors (Lipinski definition) is 3. The van der Waals surface area contributed by atoms with E-state index in [-0.39, 0.29) is 5.41 Å². The van der Waals surface area contributed by atoms with Crippen LogP contribution in [0.4, 0.5) is 17.1 Å². The monoisotopic (exact) mass is 683 g/mol. The SMILES string of the molecule is CC1(C)c2ccccc2-c2ccc(-c3ccc(N(c4ccccc4)c4cccc5sc6ccc7c8cc9ccccc9cc8oc7c6c45)cc3)cc21. The zero-order chi connectivity index (χ0) is 34.6. The zero-order valence-electron chi connectivity index (χ0n) is 28.9. The molecule has 0 atom stereocenters. The van der Waals surface area contributed by atoms with Crippen LogP contribution in [0.2, 0.25) is 0 Å². The first-order valence-electron chi connectivity index (χ1n) is 17.9. The highest BCUT2D eigenvalue weighted by Gasteiger charge is 2.35. The fourth-order valence-corrected chi connectivity index (χ4v) is 9.81. The largest absolute Gasteiger partial charge is 0.455 e. The number of hydrogen-bond donors (Lipinski definition) is 0. The summed E-state index contributed by atoms with van der Waals surface area (Å²) in [5, 5.41) is 7.10. The fourth-order valence-electron chi connectivity index (χ4n) is 8.68. The molecular weight excluding hydrogens is 651 g/mol. The van der Waals surface area contributed by atoms with Crippen molar-refractivity contribution in [2.45, 2.75) is 19.3 Å². The van der Waals surface area contributed by atoms with Crippen molar-refractivity contribution in [2.75, 3.05) is 4.90 Å². The Kier molecular flexibility index (Phi) is 6.21. The second-order valence-electron chi connectivity index (χ2n) is 14.5. The van der Waals surface area contributed by atoms with Gasteiger partial charge in [-0.3, -0.25) is 0 Å². The van der Waals surface area contributed by atoms with Crippen molar-refractivity contribution >= 4 is 81.3 Å². The summed E-state index contributed by atoms with van der Waals surface area (Å²) in [6, 6.07) is 59.8. The van der Waals surface area contributed by atoms with Crippen molar-refractivity contribution in [2.24, 2.45) is 0 Å². The maximum atomic E-state index is 6.81. The molecule has 52 heavy (non-hydrogen) atoms. The summed E-state index contributed by atoms with van der Waals surface area (Å²) in [5.41, 5.74) is 13.1. The Morgan fingerprint density at radius 3 is 2.04 bits per heavy atom. The van der Waals surface area contributed by atoms with Crippen LogP contribution in [0.1, 0.15) is 25.0 Å². The molecular formula is C49H33NOS. The van der Waals surface area contributed by atoms with Gasteiger partial charge < -0.3 is 9.32 Å². The van der Waals surface area contributed by atoms with Gasteiger partial charge in [0.2, 0.25) is 0 Å². The quantitative estimate of drug-likeness (QED) is 0.184. The third-order valence-corrected chi connectivity index (χ3v) is 12.4. The summed E-state index contributed by atoms with van der Waals surface area (Å²) in [5.74, 6) is 0. The molecule has 0 N–H and O–H groups in total. The predicted octanol–water partition coefficient (Wildman–Crippen LogP) is 14.6. The normalized spacial score (nSPS) is 13.3. The Bertz CT molecular complexity index is 3040. The molecule has 0 aliphatic heterocycles. The average Bonchev–Trinajstić information content (AvgIpc) is 3.82. The minimum absolute atomic E-state index is 0.0350. The Morgan fingerprint density at radius 1 is 0.500 bits per heavy atom. The molecule has 2 heterocycles. The van der Waals surface area contributed by atoms with Crippen molar-refractivity contribution in [3.05, 3.63) is 175 Å². The van der Waals surface area contributed by atoms with Crippen LogP contribution in [0.25, 0.3) is 75.1 Å². The molecule has 0 spiro atoms. The molecule has 11 rings (SSSR count). The third-order valence-electron chi connectivity index (χ3n) is 11.2. The molecule has 1 aliphatic rings. The van der Waals surface area contributed by atoms with E-state index in [1.807, 2.05) is 11.3 Å². The minimum atomic E-state index is -0.0350. The number of furan rings is 1. The topological polar surface area (TPSA) is 16.4 Å². The smallest absolute Gasteiger partial charge is 0.144 e. The number of benzene rings is 8. The average molecular weight is 684 g/mol. The van der Waals surface area contributed by atoms with Crippen LogP contribution in [0.15, 0.2) is 168 Å². The van der Waals surface area contributed by atoms with Gasteiger partial charge >= 0.3 is 0 Å². The first-order chi connectivity index (χ1) is 25.5. The Balaban J connectivity index is 1.08. The van der Waals surface area contributed by atoms with Gasteiger partial charge in [-0.1, -0.05) is 111 Å². The molecule has 3 heteroatoms. The highest BCUT2D eigenvalue weighted by molar-refractivity contribution is 7.26. The summed E-state index contributed by atoms with van der Waals surface area (Å²) < 4.78 is 9.27. The van der Waals surface area contributed by atoms with Crippen LogP contribution in [0.5, 0.6) is 0 Å². The van der Waals surface area contributed by atoms with E-state index >= 15 is 0 Å². The zero-order valence-corrected chi connectivity index (χ0v) is 29.7. The maximum absolute atomic E-state index is 6.81. The molecule has 10 aromatic rings. The summed E-state index contributed by atoms with van der Waals surface area (Å²) in [4.78, 5) is 2.40. The van der Waals surface area contributed by atoms with Crippen molar-refractivity contribution in [3.8, 4) is 22.3 Å². The molecule has 0 fully saturated rings. The van der Waals surface area contributed by atoms with Crippen LogP contribution in [0.3, 0.4) is 0 Å². The van der Waals surface area contributed by atoms with Crippen molar-refractivity contribution in [3.63, 3.8) is 0 Å². The Labute approximate surface area is 305 Å². The second kappa shape index (κ2) is 10.9. The lowest BCUT2D eigenvalue weighted by atomic mass is 9.81. The Morgan fingerprint density at radius 2 is 1.19 bits per heavy atom. The number of fused-ring (bicyclic) bond motifs is 11. The molecule has 2 aromatic heterocycles. The van der Waals surface area contributed by atoms with Gasteiger partial charge in [-0.2, -0.15) is 0 Å². The summed E-state index contributed by atoms with van der Waals surface area (Å²) in [7, 11) is 0. The van der Waals surface area contributed by atoms with Crippen LogP contribution >= 0.6 is 11.3 Å². The highest BCUT2D eigenvalue weighted by atomic mass is 32.1. The van der Waals surface area contributed by atoms with Gasteiger partial charge in [0.25, 0.3) is 0 Å². The Hall–Kier alpha value is -6.16. The lowest BCUT2D eigenvalue weighted by Gasteiger charge is -2.26. The van der Waals surface area contributed by atoms with E-state index in [9.17, 15) is 0 Å². The van der Waals surface area contributed by atoms with Crippen molar-refractivity contribution in [1.82, 2.24) is 0 Å². The number of nitrogens with zero attached hydrogens (tertiary/aromatic N) is 1. The van der Waals surface area contributed by atoms with E-state index in [1.165, 1.54) is 64.3 Å². The molecule has 0 bridgehead atoms. The number of para-hydroxylation sites is 1. The predicted molar refractivity (Wildman–Crippen MR) is 222 cm³/mol. The number of thiophene rings is 1. The van der Waals surface area contributed by atoms with Crippen LogP contribution < -0.4 is 4.90 Å². The molecule has 246 valence electrons.